The van der Waals surface area contributed by atoms with E-state index in [-0.39, 0.29) is 0 Å². The molecule has 118 valence electrons. The Morgan fingerprint density at radius 2 is 2.00 bits per heavy atom. The zero-order valence-electron chi connectivity index (χ0n) is 9.93. The summed E-state index contributed by atoms with van der Waals surface area (Å²) >= 11 is 0. The zero-order valence-corrected chi connectivity index (χ0v) is 10.8. The first-order valence-corrected chi connectivity index (χ1v) is 6.87. The molecule has 7 N–H and O–H groups in total. The monoisotopic (exact) mass is 318 g/mol. The molecular formula is C8H15O11P. The molecule has 0 saturated carbocycles. The Morgan fingerprint density at radius 1 is 1.45 bits per heavy atom. The van der Waals surface area contributed by atoms with Gasteiger partial charge in [-0.15, -0.1) is 0 Å². The highest BCUT2D eigenvalue weighted by molar-refractivity contribution is 7.46. The second kappa shape index (κ2) is 6.02. The molecule has 1 aliphatic heterocycles. The van der Waals surface area contributed by atoms with Gasteiger partial charge in [-0.05, 0) is 0 Å². The molecule has 0 radical (unpaired) electrons. The van der Waals surface area contributed by atoms with Crippen molar-refractivity contribution >= 4 is 13.8 Å². The number of hydrogen-bond acceptors (Lipinski definition) is 8. The third-order valence-corrected chi connectivity index (χ3v) is 3.16. The summed E-state index contributed by atoms with van der Waals surface area (Å²) in [6.45, 7) is -1.01. The predicted octanol–water partition coefficient (Wildman–Crippen LogP) is -3.26. The second-order valence-corrected chi connectivity index (χ2v) is 5.53. The van der Waals surface area contributed by atoms with Crippen molar-refractivity contribution in [3.8, 4) is 0 Å². The highest BCUT2D eigenvalue weighted by Gasteiger charge is 2.52. The molecule has 0 amide bonds. The summed E-state index contributed by atoms with van der Waals surface area (Å²) in [6, 6.07) is 0. The highest BCUT2D eigenvalue weighted by atomic mass is 31.2. The average Bonchev–Trinajstić information content (AvgIpc) is 2.29. The molecule has 1 aliphatic rings. The number of phosphoric acid groups is 1. The molecule has 1 heterocycles. The van der Waals surface area contributed by atoms with Crippen molar-refractivity contribution < 1.29 is 53.9 Å². The number of carboxylic acids is 1. The van der Waals surface area contributed by atoms with Crippen molar-refractivity contribution in [3.05, 3.63) is 0 Å². The number of carbonyl (C=O) groups is 1. The van der Waals surface area contributed by atoms with Crippen LogP contribution in [-0.4, -0.2) is 78.1 Å². The molecule has 0 spiro atoms. The summed E-state index contributed by atoms with van der Waals surface area (Å²) in [6.07, 6.45) is -8.04. The quantitative estimate of drug-likeness (QED) is 0.251. The zero-order chi connectivity index (χ0) is 15.7. The van der Waals surface area contributed by atoms with Crippen molar-refractivity contribution in [2.45, 2.75) is 36.6 Å². The Labute approximate surface area is 112 Å². The van der Waals surface area contributed by atoms with Crippen molar-refractivity contribution in [2.24, 2.45) is 0 Å². The van der Waals surface area contributed by atoms with E-state index >= 15 is 0 Å². The molecule has 20 heavy (non-hydrogen) atoms. The molecule has 1 saturated heterocycles. The Kier molecular flexibility index (Phi) is 5.24. The van der Waals surface area contributed by atoms with Gasteiger partial charge in [-0.3, -0.25) is 4.52 Å². The van der Waals surface area contributed by atoms with E-state index in [1.807, 2.05) is 0 Å². The lowest BCUT2D eigenvalue weighted by molar-refractivity contribution is -0.308. The van der Waals surface area contributed by atoms with Gasteiger partial charge in [0.25, 0.3) is 5.79 Å². The fourth-order valence-electron chi connectivity index (χ4n) is 1.68. The lowest BCUT2D eigenvalue weighted by atomic mass is 9.93. The molecule has 11 nitrogen and oxygen atoms in total. The van der Waals surface area contributed by atoms with E-state index in [4.69, 9.17) is 14.9 Å². The summed E-state index contributed by atoms with van der Waals surface area (Å²) in [5, 5.41) is 46.9. The topological polar surface area (TPSA) is 194 Å². The smallest absolute Gasteiger partial charge is 0.469 e. The summed E-state index contributed by atoms with van der Waals surface area (Å²) in [4.78, 5) is 27.7. The molecule has 12 heteroatoms. The first-order chi connectivity index (χ1) is 8.96. The number of aliphatic hydroxyl groups excluding tert-OH is 3. The molecule has 0 aromatic carbocycles. The van der Waals surface area contributed by atoms with Crippen LogP contribution in [0.25, 0.3) is 0 Å². The summed E-state index contributed by atoms with van der Waals surface area (Å²) in [7, 11) is -4.90. The Hall–Kier alpha value is -0.620. The van der Waals surface area contributed by atoms with Crippen molar-refractivity contribution in [2.75, 3.05) is 6.61 Å². The van der Waals surface area contributed by atoms with Crippen LogP contribution in [0.1, 0.15) is 6.42 Å². The summed E-state index contributed by atoms with van der Waals surface area (Å²) < 4.78 is 19.0. The number of phosphoric ester groups is 1. The standard InChI is InChI=1S/C8H15O11P/c9-3-1-8(14,7(12)13)19-6(5(3)11)4(10)2-18-20(15,16)17/h3-6,9-11,14H,1-2H2,(H,12,13)(H2,15,16,17)/t3-,4+,5+,6+,8+/m0/s1. The minimum atomic E-state index is -4.90. The maximum absolute atomic E-state index is 10.8. The predicted molar refractivity (Wildman–Crippen MR) is 58.1 cm³/mol. The molecule has 0 unspecified atom stereocenters. The molecular weight excluding hydrogens is 303 g/mol. The minimum absolute atomic E-state index is 0.841. The average molecular weight is 318 g/mol. The van der Waals surface area contributed by atoms with Gasteiger partial charge in [0.2, 0.25) is 0 Å². The Morgan fingerprint density at radius 3 is 2.45 bits per heavy atom. The van der Waals surface area contributed by atoms with Gasteiger partial charge in [0, 0.05) is 6.42 Å². The van der Waals surface area contributed by atoms with E-state index in [0.717, 1.165) is 0 Å². The van der Waals surface area contributed by atoms with E-state index in [1.54, 1.807) is 0 Å². The molecule has 5 atom stereocenters. The van der Waals surface area contributed by atoms with Crippen LogP contribution in [0.5, 0.6) is 0 Å². The van der Waals surface area contributed by atoms with E-state index in [2.05, 4.69) is 9.26 Å². The number of hydrogen-bond donors (Lipinski definition) is 7. The SMILES string of the molecule is O=C(O)[C@@]1(O)C[C@H](O)[C@@H](O)[C@@H]([C@H](O)COP(=O)(O)O)O1. The van der Waals surface area contributed by atoms with Crippen LogP contribution >= 0.6 is 7.82 Å². The third-order valence-electron chi connectivity index (χ3n) is 2.67. The summed E-state index contributed by atoms with van der Waals surface area (Å²) in [5.74, 6) is -4.69. The van der Waals surface area contributed by atoms with Crippen LogP contribution in [0.4, 0.5) is 0 Å². The summed E-state index contributed by atoms with van der Waals surface area (Å²) in [5.41, 5.74) is 0. The van der Waals surface area contributed by atoms with Crippen molar-refractivity contribution in [1.29, 1.82) is 0 Å². The minimum Gasteiger partial charge on any atom is -0.477 e. The molecule has 0 aromatic heterocycles. The number of ether oxygens (including phenoxy) is 1. The Balaban J connectivity index is 2.80. The van der Waals surface area contributed by atoms with Gasteiger partial charge >= 0.3 is 13.8 Å². The molecule has 0 aliphatic carbocycles. The van der Waals surface area contributed by atoms with Crippen molar-refractivity contribution in [3.63, 3.8) is 0 Å². The van der Waals surface area contributed by atoms with Crippen LogP contribution < -0.4 is 0 Å². The third kappa shape index (κ3) is 4.19. The van der Waals surface area contributed by atoms with Gasteiger partial charge < -0.3 is 40.1 Å². The molecule has 1 rings (SSSR count). The van der Waals surface area contributed by atoms with Gasteiger partial charge in [0.15, 0.2) is 0 Å². The number of aliphatic hydroxyl groups is 4. The first-order valence-electron chi connectivity index (χ1n) is 5.34. The van der Waals surface area contributed by atoms with E-state index in [1.165, 1.54) is 0 Å². The second-order valence-electron chi connectivity index (χ2n) is 4.29. The number of aliphatic carboxylic acids is 1. The van der Waals surface area contributed by atoms with Gasteiger partial charge in [-0.2, -0.15) is 0 Å². The highest BCUT2D eigenvalue weighted by Crippen LogP contribution is 2.37. The number of rotatable bonds is 5. The fourth-order valence-corrected chi connectivity index (χ4v) is 2.03. The molecule has 0 aromatic rings. The first kappa shape index (κ1) is 17.4. The maximum Gasteiger partial charge on any atom is 0.469 e. The van der Waals surface area contributed by atoms with Crippen molar-refractivity contribution in [1.82, 2.24) is 0 Å². The van der Waals surface area contributed by atoms with Gasteiger partial charge in [-0.1, -0.05) is 0 Å². The van der Waals surface area contributed by atoms with Crippen LogP contribution in [0.2, 0.25) is 0 Å². The fraction of sp³-hybridized carbons (Fsp3) is 0.875. The lowest BCUT2D eigenvalue weighted by Gasteiger charge is -2.41. The van der Waals surface area contributed by atoms with Gasteiger partial charge in [0.1, 0.15) is 18.3 Å². The van der Waals surface area contributed by atoms with Gasteiger partial charge in [0.05, 0.1) is 12.7 Å². The van der Waals surface area contributed by atoms with Crippen LogP contribution in [-0.2, 0) is 18.6 Å². The van der Waals surface area contributed by atoms with Crippen LogP contribution in [0.15, 0.2) is 0 Å². The van der Waals surface area contributed by atoms with E-state index in [0.29, 0.717) is 0 Å². The van der Waals surface area contributed by atoms with E-state index in [9.17, 15) is 29.8 Å². The van der Waals surface area contributed by atoms with Crippen LogP contribution in [0, 0.1) is 0 Å². The molecule has 1 fully saturated rings. The molecule has 0 bridgehead atoms. The normalized spacial score (nSPS) is 36.6. The Bertz CT molecular complexity index is 407. The largest absolute Gasteiger partial charge is 0.477 e. The van der Waals surface area contributed by atoms with E-state index < -0.39 is 57.0 Å². The lowest BCUT2D eigenvalue weighted by Crippen LogP contribution is -2.61. The van der Waals surface area contributed by atoms with Gasteiger partial charge in [-0.25, -0.2) is 9.36 Å². The maximum atomic E-state index is 10.8. The van der Waals surface area contributed by atoms with Crippen LogP contribution in [0.3, 0.4) is 0 Å². The number of carboxylic acid groups (broad SMARTS) is 1.